The zero-order valence-corrected chi connectivity index (χ0v) is 21.1. The highest BCUT2D eigenvalue weighted by Crippen LogP contribution is 2.29. The van der Waals surface area contributed by atoms with Crippen LogP contribution in [0.1, 0.15) is 58.4 Å². The van der Waals surface area contributed by atoms with E-state index in [0.717, 1.165) is 18.4 Å². The molecule has 1 aromatic carbocycles. The van der Waals surface area contributed by atoms with Crippen LogP contribution in [-0.4, -0.2) is 73.2 Å². The maximum Gasteiger partial charge on any atom is 0.270 e. The van der Waals surface area contributed by atoms with Crippen LogP contribution >= 0.6 is 0 Å². The molecule has 0 aromatic heterocycles. The molecule has 1 unspecified atom stereocenters. The summed E-state index contributed by atoms with van der Waals surface area (Å²) in [5, 5.41) is 5.58. The summed E-state index contributed by atoms with van der Waals surface area (Å²) < 4.78 is 35.3. The molecule has 2 amide bonds. The van der Waals surface area contributed by atoms with Gasteiger partial charge in [-0.2, -0.15) is 5.10 Å². The molecule has 3 rings (SSSR count). The molecule has 0 N–H and O–H groups in total. The van der Waals surface area contributed by atoms with Gasteiger partial charge in [0.1, 0.15) is 5.71 Å². The van der Waals surface area contributed by atoms with Crippen molar-refractivity contribution >= 4 is 27.4 Å². The topological polar surface area (TPSA) is 106 Å². The van der Waals surface area contributed by atoms with E-state index in [1.807, 2.05) is 39.0 Å². The number of ether oxygens (including phenoxy) is 2. The maximum atomic E-state index is 13.4. The Labute approximate surface area is 202 Å². The lowest BCUT2D eigenvalue weighted by Gasteiger charge is -2.30. The second-order valence-electron chi connectivity index (χ2n) is 8.63. The third-order valence-corrected chi connectivity index (χ3v) is 7.53. The largest absolute Gasteiger partial charge is 0.490 e. The molecule has 9 nitrogen and oxygen atoms in total. The molecule has 0 radical (unpaired) electrons. The fourth-order valence-corrected chi connectivity index (χ4v) is 5.85. The van der Waals surface area contributed by atoms with Gasteiger partial charge in [0.05, 0.1) is 30.8 Å². The molecule has 1 atom stereocenters. The first-order valence-corrected chi connectivity index (χ1v) is 13.9. The van der Waals surface area contributed by atoms with E-state index in [1.165, 1.54) is 5.01 Å². The molecule has 1 saturated heterocycles. The van der Waals surface area contributed by atoms with Gasteiger partial charge in [0.15, 0.2) is 21.3 Å². The average molecular weight is 494 g/mol. The summed E-state index contributed by atoms with van der Waals surface area (Å²) in [6, 6.07) is 5.19. The summed E-state index contributed by atoms with van der Waals surface area (Å²) in [7, 11) is -3.17. The first-order chi connectivity index (χ1) is 16.3. The highest BCUT2D eigenvalue weighted by atomic mass is 32.2. The number of hydrazone groups is 1. The molecule has 34 heavy (non-hydrogen) atoms. The summed E-state index contributed by atoms with van der Waals surface area (Å²) in [5.41, 5.74) is 1.20. The van der Waals surface area contributed by atoms with Crippen molar-refractivity contribution in [3.63, 3.8) is 0 Å². The van der Waals surface area contributed by atoms with Crippen LogP contribution < -0.4 is 9.47 Å². The number of sulfone groups is 1. The summed E-state index contributed by atoms with van der Waals surface area (Å²) >= 11 is 0. The second-order valence-corrected chi connectivity index (χ2v) is 10.9. The molecule has 0 bridgehead atoms. The Morgan fingerprint density at radius 3 is 2.59 bits per heavy atom. The van der Waals surface area contributed by atoms with Gasteiger partial charge >= 0.3 is 0 Å². The second kappa shape index (κ2) is 11.7. The summed E-state index contributed by atoms with van der Waals surface area (Å²) in [4.78, 5) is 27.5. The van der Waals surface area contributed by atoms with Gasteiger partial charge in [-0.1, -0.05) is 19.9 Å². The normalized spacial score (nSPS) is 19.6. The molecule has 0 saturated carbocycles. The van der Waals surface area contributed by atoms with Crippen LogP contribution in [-0.2, 0) is 26.0 Å². The molecule has 188 valence electrons. The van der Waals surface area contributed by atoms with Gasteiger partial charge < -0.3 is 14.4 Å². The van der Waals surface area contributed by atoms with Gasteiger partial charge in [0, 0.05) is 25.9 Å². The van der Waals surface area contributed by atoms with Gasteiger partial charge in [0.25, 0.3) is 5.91 Å². The lowest BCUT2D eigenvalue weighted by molar-refractivity contribution is -0.134. The molecule has 0 aliphatic carbocycles. The standard InChI is InChI=1S/C24H35N3O6S/c1-4-12-26(16-18-7-9-21(33-13-5-2)22(15-18)32-6-3)24(29)20-8-10-23(28)27(25-20)19-11-14-34(30,31)17-19/h7,9,15,19H,4-6,8,10-14,16-17H2,1-3H3. The van der Waals surface area contributed by atoms with Gasteiger partial charge in [-0.05, 0) is 43.9 Å². The Hall–Kier alpha value is -2.62. The van der Waals surface area contributed by atoms with Crippen molar-refractivity contribution in [2.45, 2.75) is 65.5 Å². The van der Waals surface area contributed by atoms with E-state index in [4.69, 9.17) is 9.47 Å². The molecule has 2 aliphatic heterocycles. The number of benzene rings is 1. The number of hydrogen-bond donors (Lipinski definition) is 0. The van der Waals surface area contributed by atoms with Gasteiger partial charge in [-0.25, -0.2) is 13.4 Å². The van der Waals surface area contributed by atoms with Crippen LogP contribution in [0, 0.1) is 0 Å². The smallest absolute Gasteiger partial charge is 0.270 e. The number of carbonyl (C=O) groups is 2. The minimum Gasteiger partial charge on any atom is -0.490 e. The third kappa shape index (κ3) is 6.49. The molecule has 2 aliphatic rings. The Bertz CT molecular complexity index is 1020. The van der Waals surface area contributed by atoms with E-state index in [-0.39, 0.29) is 36.2 Å². The lowest BCUT2D eigenvalue weighted by Crippen LogP contribution is -2.45. The van der Waals surface area contributed by atoms with E-state index in [9.17, 15) is 18.0 Å². The van der Waals surface area contributed by atoms with E-state index >= 15 is 0 Å². The van der Waals surface area contributed by atoms with Crippen molar-refractivity contribution in [2.24, 2.45) is 5.10 Å². The monoisotopic (exact) mass is 493 g/mol. The van der Waals surface area contributed by atoms with Gasteiger partial charge in [-0.15, -0.1) is 0 Å². The molecular weight excluding hydrogens is 458 g/mol. The van der Waals surface area contributed by atoms with Crippen LogP contribution in [0.15, 0.2) is 23.3 Å². The van der Waals surface area contributed by atoms with E-state index in [0.29, 0.717) is 49.9 Å². The average Bonchev–Trinajstić information content (AvgIpc) is 3.17. The highest BCUT2D eigenvalue weighted by molar-refractivity contribution is 7.91. The number of nitrogens with zero attached hydrogens (tertiary/aromatic N) is 3. The molecule has 2 heterocycles. The summed E-state index contributed by atoms with van der Waals surface area (Å²) in [6.45, 7) is 7.94. The number of amides is 2. The SMILES string of the molecule is CCCOc1ccc(CN(CCC)C(=O)C2=NN(C3CCS(=O)(=O)C3)C(=O)CC2)cc1OCC. The van der Waals surface area contributed by atoms with Gasteiger partial charge in [-0.3, -0.25) is 9.59 Å². The van der Waals surface area contributed by atoms with E-state index in [2.05, 4.69) is 5.10 Å². The Morgan fingerprint density at radius 1 is 1.15 bits per heavy atom. The van der Waals surface area contributed by atoms with E-state index in [1.54, 1.807) is 4.90 Å². The fourth-order valence-electron chi connectivity index (χ4n) is 4.15. The highest BCUT2D eigenvalue weighted by Gasteiger charge is 2.37. The van der Waals surface area contributed by atoms with Crippen LogP contribution in [0.4, 0.5) is 0 Å². The van der Waals surface area contributed by atoms with Gasteiger partial charge in [0.2, 0.25) is 5.91 Å². The minimum atomic E-state index is -3.17. The maximum absolute atomic E-state index is 13.4. The molecule has 1 fully saturated rings. The van der Waals surface area contributed by atoms with Crippen LogP contribution in [0.25, 0.3) is 0 Å². The molecule has 1 aromatic rings. The summed E-state index contributed by atoms with van der Waals surface area (Å²) in [6.07, 6.45) is 2.41. The van der Waals surface area contributed by atoms with E-state index < -0.39 is 15.9 Å². The Kier molecular flexibility index (Phi) is 8.93. The van der Waals surface area contributed by atoms with Crippen molar-refractivity contribution in [1.29, 1.82) is 0 Å². The molecular formula is C24H35N3O6S. The van der Waals surface area contributed by atoms with Crippen LogP contribution in [0.3, 0.4) is 0 Å². The first kappa shape index (κ1) is 26.0. The zero-order chi connectivity index (χ0) is 24.7. The van der Waals surface area contributed by atoms with Crippen LogP contribution in [0.2, 0.25) is 0 Å². The first-order valence-electron chi connectivity index (χ1n) is 12.1. The van der Waals surface area contributed by atoms with Crippen molar-refractivity contribution < 1.29 is 27.5 Å². The predicted molar refractivity (Wildman–Crippen MR) is 130 cm³/mol. The number of carbonyl (C=O) groups excluding carboxylic acids is 2. The Balaban J connectivity index is 1.79. The van der Waals surface area contributed by atoms with Crippen molar-refractivity contribution in [3.05, 3.63) is 23.8 Å². The fraction of sp³-hybridized carbons (Fsp3) is 0.625. The van der Waals surface area contributed by atoms with Crippen molar-refractivity contribution in [1.82, 2.24) is 9.91 Å². The quantitative estimate of drug-likeness (QED) is 0.469. The van der Waals surface area contributed by atoms with Crippen LogP contribution in [0.5, 0.6) is 11.5 Å². The molecule has 0 spiro atoms. The molecule has 10 heteroatoms. The number of hydrogen-bond acceptors (Lipinski definition) is 7. The summed E-state index contributed by atoms with van der Waals surface area (Å²) in [5.74, 6) is 0.802. The third-order valence-electron chi connectivity index (χ3n) is 5.78. The predicted octanol–water partition coefficient (Wildman–Crippen LogP) is 2.78. The lowest BCUT2D eigenvalue weighted by atomic mass is 10.1. The zero-order valence-electron chi connectivity index (χ0n) is 20.3. The van der Waals surface area contributed by atoms with Crippen molar-refractivity contribution in [2.75, 3.05) is 31.3 Å². The minimum absolute atomic E-state index is 0.0440. The van der Waals surface area contributed by atoms with Crippen molar-refractivity contribution in [3.8, 4) is 11.5 Å². The Morgan fingerprint density at radius 2 is 1.94 bits per heavy atom. The number of rotatable bonds is 11.